The van der Waals surface area contributed by atoms with Gasteiger partial charge in [-0.25, -0.2) is 0 Å². The highest BCUT2D eigenvalue weighted by molar-refractivity contribution is 6.32. The molecule has 1 saturated carbocycles. The summed E-state index contributed by atoms with van der Waals surface area (Å²) in [5.41, 5.74) is 1.02. The quantitative estimate of drug-likeness (QED) is 0.847. The highest BCUT2D eigenvalue weighted by atomic mass is 35.5. The van der Waals surface area contributed by atoms with Gasteiger partial charge in [0.15, 0.2) is 23.0 Å². The number of anilines is 1. The summed E-state index contributed by atoms with van der Waals surface area (Å²) in [6, 6.07) is 8.58. The second-order valence-electron chi connectivity index (χ2n) is 6.63. The fourth-order valence-electron chi connectivity index (χ4n) is 3.59. The summed E-state index contributed by atoms with van der Waals surface area (Å²) in [6.45, 7) is 0.101. The SMILES string of the molecule is O=C(Nc1ccc2c(c1)OC1(CCCC1)O2)c1cc(Cl)c2c(c1)OCO2. The number of ether oxygens (including phenoxy) is 4. The van der Waals surface area contributed by atoms with Crippen LogP contribution in [-0.2, 0) is 0 Å². The molecule has 0 aromatic heterocycles. The van der Waals surface area contributed by atoms with Crippen LogP contribution in [0.5, 0.6) is 23.0 Å². The number of rotatable bonds is 2. The van der Waals surface area contributed by atoms with Gasteiger partial charge in [-0.05, 0) is 37.1 Å². The lowest BCUT2D eigenvalue weighted by molar-refractivity contribution is -0.0716. The molecule has 1 N–H and O–H groups in total. The van der Waals surface area contributed by atoms with E-state index >= 15 is 0 Å². The van der Waals surface area contributed by atoms with Gasteiger partial charge in [0.1, 0.15) is 0 Å². The summed E-state index contributed by atoms with van der Waals surface area (Å²) in [7, 11) is 0. The van der Waals surface area contributed by atoms with Crippen LogP contribution in [0.15, 0.2) is 30.3 Å². The monoisotopic (exact) mass is 373 g/mol. The number of hydrogen-bond donors (Lipinski definition) is 1. The largest absolute Gasteiger partial charge is 0.454 e. The first-order valence-corrected chi connectivity index (χ1v) is 8.92. The van der Waals surface area contributed by atoms with Crippen LogP contribution in [0.3, 0.4) is 0 Å². The number of halogens is 1. The Labute approximate surface area is 154 Å². The van der Waals surface area contributed by atoms with E-state index in [4.69, 9.17) is 30.5 Å². The Bertz CT molecular complexity index is 907. The third-order valence-corrected chi connectivity index (χ3v) is 5.13. The Kier molecular flexibility index (Phi) is 3.43. The van der Waals surface area contributed by atoms with Gasteiger partial charge in [-0.3, -0.25) is 4.79 Å². The van der Waals surface area contributed by atoms with Gasteiger partial charge in [-0.1, -0.05) is 11.6 Å². The summed E-state index contributed by atoms with van der Waals surface area (Å²) >= 11 is 6.15. The van der Waals surface area contributed by atoms with Crippen molar-refractivity contribution in [2.75, 3.05) is 12.1 Å². The molecule has 2 aromatic carbocycles. The van der Waals surface area contributed by atoms with Crippen molar-refractivity contribution in [1.29, 1.82) is 0 Å². The Morgan fingerprint density at radius 1 is 1.00 bits per heavy atom. The smallest absolute Gasteiger partial charge is 0.255 e. The van der Waals surface area contributed by atoms with Crippen molar-refractivity contribution in [3.05, 3.63) is 40.9 Å². The normalized spacial score (nSPS) is 18.3. The average Bonchev–Trinajstić information content (AvgIpc) is 3.34. The van der Waals surface area contributed by atoms with E-state index in [2.05, 4.69) is 5.32 Å². The van der Waals surface area contributed by atoms with Crippen molar-refractivity contribution in [2.24, 2.45) is 0 Å². The van der Waals surface area contributed by atoms with Crippen LogP contribution in [0.1, 0.15) is 36.0 Å². The molecule has 26 heavy (non-hydrogen) atoms. The molecule has 0 atom stereocenters. The Hall–Kier alpha value is -2.60. The zero-order valence-electron chi connectivity index (χ0n) is 13.8. The molecule has 7 heteroatoms. The van der Waals surface area contributed by atoms with Crippen LogP contribution in [0.25, 0.3) is 0 Å². The molecule has 1 spiro atoms. The maximum atomic E-state index is 12.6. The highest BCUT2D eigenvalue weighted by Gasteiger charge is 2.44. The molecule has 0 bridgehead atoms. The first-order valence-electron chi connectivity index (χ1n) is 8.55. The topological polar surface area (TPSA) is 66.0 Å². The highest BCUT2D eigenvalue weighted by Crippen LogP contribution is 2.47. The minimum atomic E-state index is -0.518. The van der Waals surface area contributed by atoms with Gasteiger partial charge in [0.2, 0.25) is 6.79 Å². The summed E-state index contributed by atoms with van der Waals surface area (Å²) < 4.78 is 22.6. The molecule has 1 aliphatic carbocycles. The minimum absolute atomic E-state index is 0.101. The van der Waals surface area contributed by atoms with Gasteiger partial charge in [-0.2, -0.15) is 0 Å². The zero-order chi connectivity index (χ0) is 17.7. The van der Waals surface area contributed by atoms with Crippen molar-refractivity contribution in [1.82, 2.24) is 0 Å². The van der Waals surface area contributed by atoms with E-state index in [0.29, 0.717) is 33.5 Å². The molecule has 134 valence electrons. The summed E-state index contributed by atoms with van der Waals surface area (Å²) in [4.78, 5) is 12.6. The maximum Gasteiger partial charge on any atom is 0.255 e. The maximum absolute atomic E-state index is 12.6. The van der Waals surface area contributed by atoms with E-state index in [-0.39, 0.29) is 12.7 Å². The van der Waals surface area contributed by atoms with Crippen molar-refractivity contribution in [2.45, 2.75) is 31.5 Å². The standard InChI is InChI=1S/C19H16ClNO5/c20-13-7-11(8-16-17(13)24-10-23-16)18(22)21-12-3-4-14-15(9-12)26-19(25-14)5-1-2-6-19/h3-4,7-9H,1-2,5-6,10H2,(H,21,22). The Morgan fingerprint density at radius 3 is 2.65 bits per heavy atom. The van der Waals surface area contributed by atoms with Crippen molar-refractivity contribution in [3.63, 3.8) is 0 Å². The van der Waals surface area contributed by atoms with E-state index in [1.807, 2.05) is 6.07 Å². The zero-order valence-corrected chi connectivity index (χ0v) is 14.6. The van der Waals surface area contributed by atoms with E-state index < -0.39 is 5.79 Å². The molecular formula is C19H16ClNO5. The molecule has 2 aliphatic heterocycles. The number of amides is 1. The summed E-state index contributed by atoms with van der Waals surface area (Å²) in [5.74, 6) is 1.50. The molecule has 1 amide bonds. The number of hydrogen-bond acceptors (Lipinski definition) is 5. The molecule has 0 radical (unpaired) electrons. The van der Waals surface area contributed by atoms with Gasteiger partial charge in [-0.15, -0.1) is 0 Å². The number of carbonyl (C=O) groups excluding carboxylic acids is 1. The molecule has 3 aliphatic rings. The first-order chi connectivity index (χ1) is 12.6. The van der Waals surface area contributed by atoms with Crippen molar-refractivity contribution < 1.29 is 23.7 Å². The third-order valence-electron chi connectivity index (χ3n) is 4.85. The number of nitrogens with one attached hydrogen (secondary N) is 1. The van der Waals surface area contributed by atoms with Crippen LogP contribution in [-0.4, -0.2) is 18.5 Å². The van der Waals surface area contributed by atoms with Crippen LogP contribution < -0.4 is 24.3 Å². The molecular weight excluding hydrogens is 358 g/mol. The van der Waals surface area contributed by atoms with Crippen LogP contribution in [0.4, 0.5) is 5.69 Å². The molecule has 6 nitrogen and oxygen atoms in total. The van der Waals surface area contributed by atoms with Gasteiger partial charge in [0, 0.05) is 30.2 Å². The van der Waals surface area contributed by atoms with Gasteiger partial charge in [0.05, 0.1) is 5.02 Å². The van der Waals surface area contributed by atoms with E-state index in [1.165, 1.54) is 0 Å². The van der Waals surface area contributed by atoms with Gasteiger partial charge >= 0.3 is 0 Å². The fourth-order valence-corrected chi connectivity index (χ4v) is 3.86. The van der Waals surface area contributed by atoms with Crippen LogP contribution in [0.2, 0.25) is 5.02 Å². The van der Waals surface area contributed by atoms with E-state index in [0.717, 1.165) is 31.4 Å². The molecule has 0 saturated heterocycles. The van der Waals surface area contributed by atoms with Gasteiger partial charge in [0.25, 0.3) is 11.7 Å². The molecule has 2 aromatic rings. The lowest BCUT2D eigenvalue weighted by Crippen LogP contribution is -2.34. The average molecular weight is 374 g/mol. The number of carbonyl (C=O) groups is 1. The van der Waals surface area contributed by atoms with Crippen molar-refractivity contribution in [3.8, 4) is 23.0 Å². The Balaban J connectivity index is 1.36. The van der Waals surface area contributed by atoms with Crippen molar-refractivity contribution >= 4 is 23.2 Å². The third kappa shape index (κ3) is 2.52. The lowest BCUT2D eigenvalue weighted by atomic mass is 10.1. The van der Waals surface area contributed by atoms with E-state index in [1.54, 1.807) is 24.3 Å². The first kappa shape index (κ1) is 15.6. The molecule has 5 rings (SSSR count). The minimum Gasteiger partial charge on any atom is -0.454 e. The van der Waals surface area contributed by atoms with Crippen LogP contribution in [0, 0.1) is 0 Å². The van der Waals surface area contributed by atoms with Gasteiger partial charge < -0.3 is 24.3 Å². The summed E-state index contributed by atoms with van der Waals surface area (Å²) in [6.07, 6.45) is 3.98. The predicted molar refractivity (Wildman–Crippen MR) is 94.4 cm³/mol. The Morgan fingerprint density at radius 2 is 1.81 bits per heavy atom. The van der Waals surface area contributed by atoms with E-state index in [9.17, 15) is 4.79 Å². The fraction of sp³-hybridized carbons (Fsp3) is 0.316. The number of fused-ring (bicyclic) bond motifs is 2. The molecule has 2 heterocycles. The molecule has 1 fully saturated rings. The van der Waals surface area contributed by atoms with Crippen LogP contribution >= 0.6 is 11.6 Å². The second kappa shape index (κ2) is 5.71. The summed E-state index contributed by atoms with van der Waals surface area (Å²) in [5, 5.41) is 3.20. The predicted octanol–water partition coefficient (Wildman–Crippen LogP) is 4.36. The number of benzene rings is 2. The lowest BCUT2D eigenvalue weighted by Gasteiger charge is -2.21. The second-order valence-corrected chi connectivity index (χ2v) is 7.04. The molecule has 0 unspecified atom stereocenters.